The molecule has 0 unspecified atom stereocenters. The van der Waals surface area contributed by atoms with Gasteiger partial charge in [0.05, 0.1) is 23.4 Å². The molecule has 40 heavy (non-hydrogen) atoms. The number of carbonyl (C=O) groups excluding carboxylic acids is 1. The lowest BCUT2D eigenvalue weighted by atomic mass is 10.1. The van der Waals surface area contributed by atoms with Crippen LogP contribution in [0.15, 0.2) is 23.4 Å². The zero-order valence-corrected chi connectivity index (χ0v) is 23.6. The number of carbonyl (C=O) groups is 1. The molecule has 0 spiro atoms. The Balaban J connectivity index is 1.35. The summed E-state index contributed by atoms with van der Waals surface area (Å²) in [6.07, 6.45) is 1.46. The molecule has 216 valence electrons. The van der Waals surface area contributed by atoms with Gasteiger partial charge in [-0.25, -0.2) is 18.1 Å². The van der Waals surface area contributed by atoms with E-state index in [0.29, 0.717) is 48.7 Å². The van der Waals surface area contributed by atoms with E-state index in [-0.39, 0.29) is 27.7 Å². The Morgan fingerprint density at radius 1 is 1.15 bits per heavy atom. The van der Waals surface area contributed by atoms with Crippen LogP contribution in [-0.4, -0.2) is 95.1 Å². The third kappa shape index (κ3) is 5.05. The van der Waals surface area contributed by atoms with Gasteiger partial charge in [-0.2, -0.15) is 13.2 Å². The van der Waals surface area contributed by atoms with E-state index in [1.807, 2.05) is 23.8 Å². The van der Waals surface area contributed by atoms with Gasteiger partial charge in [0.1, 0.15) is 4.90 Å². The lowest BCUT2D eigenvalue weighted by Crippen LogP contribution is -2.53. The maximum Gasteiger partial charge on any atom is 0.445 e. The summed E-state index contributed by atoms with van der Waals surface area (Å²) in [5, 5.41) is 5.76. The lowest BCUT2D eigenvalue weighted by Gasteiger charge is -2.38. The highest BCUT2D eigenvalue weighted by Gasteiger charge is 2.42. The number of nitrogens with zero attached hydrogens (tertiary/aromatic N) is 7. The summed E-state index contributed by atoms with van der Waals surface area (Å²) in [5.41, 5.74) is 0.560. The first-order chi connectivity index (χ1) is 18.8. The summed E-state index contributed by atoms with van der Waals surface area (Å²) in [4.78, 5) is 23.3. The van der Waals surface area contributed by atoms with E-state index in [4.69, 9.17) is 0 Å². The number of hydrogen-bond acceptors (Lipinski definition) is 9. The number of alkyl halides is 3. The number of likely N-dealkylation sites (N-methyl/N-ethyl adjacent to an activating group) is 1. The molecular weight excluding hydrogens is 569 g/mol. The zero-order chi connectivity index (χ0) is 28.4. The molecule has 1 atom stereocenters. The maximum atomic E-state index is 13.4. The van der Waals surface area contributed by atoms with Gasteiger partial charge >= 0.3 is 6.18 Å². The smallest absolute Gasteiger partial charge is 0.366 e. The van der Waals surface area contributed by atoms with Crippen molar-refractivity contribution in [2.45, 2.75) is 55.3 Å². The first kappa shape index (κ1) is 27.4. The van der Waals surface area contributed by atoms with Gasteiger partial charge in [0.2, 0.25) is 20.9 Å². The highest BCUT2D eigenvalue weighted by molar-refractivity contribution is 7.89. The van der Waals surface area contributed by atoms with Crippen molar-refractivity contribution in [3.05, 3.63) is 23.5 Å². The minimum atomic E-state index is -4.66. The maximum absolute atomic E-state index is 13.4. The number of rotatable bonds is 6. The molecule has 0 aromatic carbocycles. The fourth-order valence-corrected chi connectivity index (χ4v) is 7.50. The molecule has 11 nitrogen and oxygen atoms in total. The molecule has 3 aromatic heterocycles. The van der Waals surface area contributed by atoms with Gasteiger partial charge in [0, 0.05) is 37.9 Å². The van der Waals surface area contributed by atoms with E-state index in [2.05, 4.69) is 24.8 Å². The van der Waals surface area contributed by atoms with Gasteiger partial charge in [-0.1, -0.05) is 11.3 Å². The summed E-state index contributed by atoms with van der Waals surface area (Å²) in [6, 6.07) is 1.45. The van der Waals surface area contributed by atoms with E-state index in [0.717, 1.165) is 32.2 Å². The monoisotopic (exact) mass is 598 g/mol. The van der Waals surface area contributed by atoms with Crippen molar-refractivity contribution in [2.75, 3.05) is 44.7 Å². The Hall–Kier alpha value is -2.82. The average molecular weight is 599 g/mol. The zero-order valence-electron chi connectivity index (χ0n) is 22.0. The van der Waals surface area contributed by atoms with Crippen LogP contribution in [0, 0.1) is 0 Å². The van der Waals surface area contributed by atoms with E-state index in [1.54, 1.807) is 6.07 Å². The number of halogens is 3. The van der Waals surface area contributed by atoms with Crippen LogP contribution in [0.25, 0.3) is 16.3 Å². The van der Waals surface area contributed by atoms with Crippen LogP contribution < -0.4 is 9.62 Å². The second kappa shape index (κ2) is 9.63. The van der Waals surface area contributed by atoms with E-state index < -0.39 is 26.7 Å². The van der Waals surface area contributed by atoms with Crippen molar-refractivity contribution in [1.82, 2.24) is 34.1 Å². The second-order valence-corrected chi connectivity index (χ2v) is 13.6. The number of anilines is 1. The van der Waals surface area contributed by atoms with Crippen LogP contribution in [0.3, 0.4) is 0 Å². The molecule has 1 aliphatic carbocycles. The number of aromatic nitrogens is 4. The van der Waals surface area contributed by atoms with E-state index in [1.165, 1.54) is 16.8 Å². The van der Waals surface area contributed by atoms with Crippen molar-refractivity contribution in [3.63, 3.8) is 0 Å². The van der Waals surface area contributed by atoms with Crippen LogP contribution >= 0.6 is 11.3 Å². The number of nitrogens with one attached hydrogen (secondary N) is 1. The third-order valence-electron chi connectivity index (χ3n) is 7.88. The molecule has 1 amide bonds. The number of likely N-dealkylation sites (tertiary alicyclic amines) is 1. The van der Waals surface area contributed by atoms with Crippen molar-refractivity contribution >= 4 is 38.5 Å². The molecule has 3 fully saturated rings. The minimum absolute atomic E-state index is 0.0333. The highest BCUT2D eigenvalue weighted by Crippen LogP contribution is 2.38. The SMILES string of the molecule is CN1CCC[C@@H]1C(=O)N1CCN(c2cc(S(=O)(=O)NC3(C)CC3)cn3c(-c4nnc(C(F)(F)F)s4)ncc23)CC1. The minimum Gasteiger partial charge on any atom is -0.366 e. The van der Waals surface area contributed by atoms with Gasteiger partial charge < -0.3 is 9.80 Å². The Bertz CT molecular complexity index is 1560. The lowest BCUT2D eigenvalue weighted by molar-refractivity contribution is -0.138. The normalized spacial score (nSPS) is 21.9. The van der Waals surface area contributed by atoms with Crippen LogP contribution in [0.4, 0.5) is 18.9 Å². The van der Waals surface area contributed by atoms with Crippen LogP contribution in [0.5, 0.6) is 0 Å². The van der Waals surface area contributed by atoms with Gasteiger partial charge in [0.15, 0.2) is 10.8 Å². The Morgan fingerprint density at radius 2 is 1.88 bits per heavy atom. The molecule has 1 N–H and O–H groups in total. The number of amides is 1. The quantitative estimate of drug-likeness (QED) is 0.460. The van der Waals surface area contributed by atoms with Gasteiger partial charge in [-0.15, -0.1) is 10.2 Å². The average Bonchev–Trinajstić information content (AvgIpc) is 3.33. The Kier molecular flexibility index (Phi) is 6.59. The number of sulfonamides is 1. The van der Waals surface area contributed by atoms with Gasteiger partial charge in [0.25, 0.3) is 0 Å². The fourth-order valence-electron chi connectivity index (χ4n) is 5.31. The summed E-state index contributed by atoms with van der Waals surface area (Å²) < 4.78 is 70.6. The molecular formula is C24H29F3N8O3S2. The summed E-state index contributed by atoms with van der Waals surface area (Å²) in [5.74, 6) is 0.170. The summed E-state index contributed by atoms with van der Waals surface area (Å²) >= 11 is 0.345. The molecule has 2 saturated heterocycles. The third-order valence-corrected chi connectivity index (χ3v) is 10.5. The predicted octanol–water partition coefficient (Wildman–Crippen LogP) is 2.45. The topological polar surface area (TPSA) is 116 Å². The largest absolute Gasteiger partial charge is 0.445 e. The fraction of sp³-hybridized carbons (Fsp3) is 0.583. The van der Waals surface area contributed by atoms with Gasteiger partial charge in [-0.05, 0) is 52.3 Å². The number of pyridine rings is 1. The van der Waals surface area contributed by atoms with Crippen molar-refractivity contribution in [3.8, 4) is 10.8 Å². The first-order valence-electron chi connectivity index (χ1n) is 13.0. The van der Waals surface area contributed by atoms with Crippen LogP contribution in [0.2, 0.25) is 0 Å². The summed E-state index contributed by atoms with van der Waals surface area (Å²) in [6.45, 7) is 4.58. The van der Waals surface area contributed by atoms with Crippen molar-refractivity contribution in [2.24, 2.45) is 0 Å². The van der Waals surface area contributed by atoms with E-state index in [9.17, 15) is 26.4 Å². The predicted molar refractivity (Wildman–Crippen MR) is 142 cm³/mol. The molecule has 3 aromatic rings. The molecule has 6 rings (SSSR count). The number of piperazine rings is 1. The highest BCUT2D eigenvalue weighted by atomic mass is 32.2. The Morgan fingerprint density at radius 3 is 2.48 bits per heavy atom. The molecule has 1 saturated carbocycles. The van der Waals surface area contributed by atoms with Crippen LogP contribution in [0.1, 0.15) is 37.6 Å². The number of hydrogen-bond donors (Lipinski definition) is 1. The van der Waals surface area contributed by atoms with Gasteiger partial charge in [-0.3, -0.25) is 14.1 Å². The first-order valence-corrected chi connectivity index (χ1v) is 15.3. The van der Waals surface area contributed by atoms with E-state index >= 15 is 0 Å². The second-order valence-electron chi connectivity index (χ2n) is 10.9. The number of imidazole rings is 1. The molecule has 5 heterocycles. The molecule has 3 aliphatic rings. The summed E-state index contributed by atoms with van der Waals surface area (Å²) in [7, 11) is -2.00. The molecule has 0 bridgehead atoms. The molecule has 0 radical (unpaired) electrons. The van der Waals surface area contributed by atoms with Crippen molar-refractivity contribution in [1.29, 1.82) is 0 Å². The molecule has 2 aliphatic heterocycles. The Labute approximate surface area is 233 Å². The number of fused-ring (bicyclic) bond motifs is 1. The molecule has 16 heteroatoms. The van der Waals surface area contributed by atoms with Crippen molar-refractivity contribution < 1.29 is 26.4 Å². The standard InChI is InChI=1S/C24H29F3N8O3S2/c1-23(5-6-23)31-40(37,38)15-12-17(33-8-10-34(11-9-33)21(36)16-4-3-7-32(16)2)18-13-28-19(35(18)14-15)20-29-30-22(39-20)24(25,26)27/h12-14,16,31H,3-11H2,1-2H3/t16-/m1/s1. The van der Waals surface area contributed by atoms with Crippen LogP contribution in [-0.2, 0) is 21.0 Å².